The van der Waals surface area contributed by atoms with Gasteiger partial charge in [0.05, 0.1) is 0 Å². The summed E-state index contributed by atoms with van der Waals surface area (Å²) in [7, 11) is 0. The topological polar surface area (TPSA) is 0 Å². The molecule has 0 heteroatoms. The van der Waals surface area contributed by atoms with Crippen LogP contribution in [-0.4, -0.2) is 0 Å². The minimum atomic E-state index is 0.780. The van der Waals surface area contributed by atoms with Gasteiger partial charge >= 0.3 is 0 Å². The van der Waals surface area contributed by atoms with E-state index in [9.17, 15) is 0 Å². The Balaban J connectivity index is 2.42. The summed E-state index contributed by atoms with van der Waals surface area (Å²) in [4.78, 5) is 0. The highest BCUT2D eigenvalue weighted by Gasteiger charge is 2.02. The predicted molar refractivity (Wildman–Crippen MR) is 59.7 cm³/mol. The lowest BCUT2D eigenvalue weighted by molar-refractivity contribution is 0.539. The summed E-state index contributed by atoms with van der Waals surface area (Å²) < 4.78 is 0. The molecule has 1 aliphatic carbocycles. The molecule has 0 heterocycles. The summed E-state index contributed by atoms with van der Waals surface area (Å²) in [6, 6.07) is 0. The van der Waals surface area contributed by atoms with Gasteiger partial charge in [-0.25, -0.2) is 0 Å². The second kappa shape index (κ2) is 5.80. The molecule has 0 spiro atoms. The Morgan fingerprint density at radius 2 is 1.92 bits per heavy atom. The average molecular weight is 176 g/mol. The van der Waals surface area contributed by atoms with Crippen molar-refractivity contribution in [3.8, 4) is 0 Å². The van der Waals surface area contributed by atoms with Crippen LogP contribution >= 0.6 is 0 Å². The number of hydrogen-bond donors (Lipinski definition) is 0. The Labute approximate surface area is 82.0 Å². The van der Waals surface area contributed by atoms with Crippen LogP contribution in [0.25, 0.3) is 0 Å². The largest absolute Gasteiger partial charge is 0.0742 e. The molecule has 0 fully saturated rings. The van der Waals surface area contributed by atoms with Crippen LogP contribution in [0.4, 0.5) is 0 Å². The van der Waals surface area contributed by atoms with Crippen molar-refractivity contribution in [2.75, 3.05) is 0 Å². The second-order valence-electron chi connectivity index (χ2n) is 3.70. The Bertz CT molecular complexity index is 204. The van der Waals surface area contributed by atoms with Gasteiger partial charge in [-0.15, -0.1) is 0 Å². The maximum Gasteiger partial charge on any atom is -0.0227 e. The van der Waals surface area contributed by atoms with Crippen LogP contribution < -0.4 is 0 Å². The first-order valence-electron chi connectivity index (χ1n) is 5.43. The highest BCUT2D eigenvalue weighted by molar-refractivity contribution is 5.40. The van der Waals surface area contributed by atoms with Gasteiger partial charge in [-0.2, -0.15) is 0 Å². The molecule has 1 rings (SSSR count). The van der Waals surface area contributed by atoms with E-state index in [-0.39, 0.29) is 0 Å². The average Bonchev–Trinajstić information content (AvgIpc) is 2.64. The molecule has 0 N–H and O–H groups in total. The van der Waals surface area contributed by atoms with Crippen molar-refractivity contribution in [2.45, 2.75) is 39.5 Å². The minimum absolute atomic E-state index is 0.780. The number of allylic oxidation sites excluding steroid dienone is 6. The lowest BCUT2D eigenvalue weighted by atomic mass is 9.97. The van der Waals surface area contributed by atoms with Crippen LogP contribution in [-0.2, 0) is 0 Å². The third kappa shape index (κ3) is 3.63. The van der Waals surface area contributed by atoms with Gasteiger partial charge in [-0.3, -0.25) is 0 Å². The monoisotopic (exact) mass is 176 g/mol. The normalized spacial score (nSPS) is 16.6. The van der Waals surface area contributed by atoms with E-state index in [1.54, 1.807) is 0 Å². The standard InChI is InChI=1S/C13H20/c1-3-5-8-12(4-2)11-13-9-6-7-10-13/h6-7,9-12H,3-5,8H2,1-2H3. The molecule has 0 aromatic carbocycles. The zero-order valence-corrected chi connectivity index (χ0v) is 8.79. The van der Waals surface area contributed by atoms with Crippen LogP contribution in [0.3, 0.4) is 0 Å². The molecule has 1 atom stereocenters. The molecular weight excluding hydrogens is 156 g/mol. The van der Waals surface area contributed by atoms with Gasteiger partial charge < -0.3 is 0 Å². The van der Waals surface area contributed by atoms with E-state index in [4.69, 9.17) is 0 Å². The van der Waals surface area contributed by atoms with Crippen molar-refractivity contribution in [3.63, 3.8) is 0 Å². The number of unbranched alkanes of at least 4 members (excludes halogenated alkanes) is 1. The lowest BCUT2D eigenvalue weighted by Gasteiger charge is -2.09. The molecule has 0 saturated heterocycles. The van der Waals surface area contributed by atoms with Gasteiger partial charge in [0.1, 0.15) is 0 Å². The third-order valence-corrected chi connectivity index (χ3v) is 2.57. The molecule has 0 bridgehead atoms. The van der Waals surface area contributed by atoms with E-state index in [1.165, 1.54) is 31.3 Å². The summed E-state index contributed by atoms with van der Waals surface area (Å²) >= 11 is 0. The van der Waals surface area contributed by atoms with E-state index >= 15 is 0 Å². The fraction of sp³-hybridized carbons (Fsp3) is 0.538. The first-order chi connectivity index (χ1) is 6.36. The summed E-state index contributed by atoms with van der Waals surface area (Å²) in [5.74, 6) is 0.780. The molecule has 1 unspecified atom stereocenters. The van der Waals surface area contributed by atoms with E-state index in [2.05, 4.69) is 44.2 Å². The Morgan fingerprint density at radius 3 is 2.46 bits per heavy atom. The molecule has 0 amide bonds. The quantitative estimate of drug-likeness (QED) is 0.587. The first kappa shape index (κ1) is 10.3. The van der Waals surface area contributed by atoms with E-state index in [0.717, 1.165) is 5.92 Å². The molecule has 0 aromatic rings. The molecule has 0 aliphatic heterocycles. The smallest absolute Gasteiger partial charge is 0.0227 e. The Morgan fingerprint density at radius 1 is 1.23 bits per heavy atom. The van der Waals surface area contributed by atoms with Gasteiger partial charge in [0.2, 0.25) is 0 Å². The van der Waals surface area contributed by atoms with Crippen LogP contribution in [0, 0.1) is 5.92 Å². The van der Waals surface area contributed by atoms with Gasteiger partial charge in [0.15, 0.2) is 0 Å². The van der Waals surface area contributed by atoms with E-state index in [1.807, 2.05) is 0 Å². The molecule has 0 radical (unpaired) electrons. The Kier molecular flexibility index (Phi) is 4.59. The maximum absolute atomic E-state index is 2.41. The van der Waals surface area contributed by atoms with Crippen molar-refractivity contribution < 1.29 is 0 Å². The summed E-state index contributed by atoms with van der Waals surface area (Å²) in [6.07, 6.45) is 16.3. The first-order valence-corrected chi connectivity index (χ1v) is 5.43. The number of hydrogen-bond acceptors (Lipinski definition) is 0. The van der Waals surface area contributed by atoms with Crippen molar-refractivity contribution in [1.29, 1.82) is 0 Å². The molecule has 0 saturated carbocycles. The van der Waals surface area contributed by atoms with Gasteiger partial charge in [0.25, 0.3) is 0 Å². The molecular formula is C13H20. The van der Waals surface area contributed by atoms with E-state index in [0.29, 0.717) is 0 Å². The third-order valence-electron chi connectivity index (χ3n) is 2.57. The fourth-order valence-corrected chi connectivity index (χ4v) is 1.64. The predicted octanol–water partition coefficient (Wildman–Crippen LogP) is 4.26. The van der Waals surface area contributed by atoms with Gasteiger partial charge in [0, 0.05) is 0 Å². The molecule has 72 valence electrons. The van der Waals surface area contributed by atoms with Gasteiger partial charge in [-0.05, 0) is 24.3 Å². The van der Waals surface area contributed by atoms with Crippen LogP contribution in [0.1, 0.15) is 39.5 Å². The fourth-order valence-electron chi connectivity index (χ4n) is 1.64. The van der Waals surface area contributed by atoms with Gasteiger partial charge in [-0.1, -0.05) is 57.1 Å². The van der Waals surface area contributed by atoms with Crippen LogP contribution in [0.15, 0.2) is 36.0 Å². The highest BCUT2D eigenvalue weighted by atomic mass is 14.1. The summed E-state index contributed by atoms with van der Waals surface area (Å²) in [5, 5.41) is 0. The lowest BCUT2D eigenvalue weighted by Crippen LogP contribution is -1.94. The Hall–Kier alpha value is -0.780. The SMILES string of the molecule is CCCCC(C=C1C=CC=C1)CC. The van der Waals surface area contributed by atoms with E-state index < -0.39 is 0 Å². The second-order valence-corrected chi connectivity index (χ2v) is 3.70. The maximum atomic E-state index is 2.41. The van der Waals surface area contributed by atoms with Crippen molar-refractivity contribution in [1.82, 2.24) is 0 Å². The zero-order valence-electron chi connectivity index (χ0n) is 8.79. The van der Waals surface area contributed by atoms with Crippen LogP contribution in [0.2, 0.25) is 0 Å². The van der Waals surface area contributed by atoms with Crippen molar-refractivity contribution in [2.24, 2.45) is 5.92 Å². The molecule has 1 aliphatic rings. The van der Waals surface area contributed by atoms with Crippen molar-refractivity contribution >= 4 is 0 Å². The molecule has 13 heavy (non-hydrogen) atoms. The minimum Gasteiger partial charge on any atom is -0.0742 e. The molecule has 0 aromatic heterocycles. The highest BCUT2D eigenvalue weighted by Crippen LogP contribution is 2.18. The molecule has 0 nitrogen and oxygen atoms in total. The number of rotatable bonds is 5. The zero-order chi connectivity index (χ0) is 9.52. The summed E-state index contributed by atoms with van der Waals surface area (Å²) in [6.45, 7) is 4.54. The summed E-state index contributed by atoms with van der Waals surface area (Å²) in [5.41, 5.74) is 1.39. The van der Waals surface area contributed by atoms with Crippen LogP contribution in [0.5, 0.6) is 0 Å². The van der Waals surface area contributed by atoms with Crippen molar-refractivity contribution in [3.05, 3.63) is 36.0 Å².